The molecule has 1 atom stereocenters. The first-order chi connectivity index (χ1) is 10.7. The molecule has 128 valence electrons. The summed E-state index contributed by atoms with van der Waals surface area (Å²) >= 11 is 0. The maximum Gasteiger partial charge on any atom is 0.465 e. The van der Waals surface area contributed by atoms with Gasteiger partial charge in [-0.3, -0.25) is 4.55 Å². The molecule has 1 heterocycles. The van der Waals surface area contributed by atoms with Gasteiger partial charge in [-0.05, 0) is 17.7 Å². The van der Waals surface area contributed by atoms with Gasteiger partial charge >= 0.3 is 21.3 Å². The van der Waals surface area contributed by atoms with Crippen LogP contribution < -0.4 is 4.74 Å². The Labute approximate surface area is 130 Å². The molecule has 0 saturated carbocycles. The van der Waals surface area contributed by atoms with Crippen LogP contribution in [0.3, 0.4) is 0 Å². The normalized spacial score (nSPS) is 17.6. The van der Waals surface area contributed by atoms with Crippen LogP contribution in [0, 0.1) is 0 Å². The van der Waals surface area contributed by atoms with Crippen molar-refractivity contribution in [3.63, 3.8) is 0 Å². The summed E-state index contributed by atoms with van der Waals surface area (Å²) in [5, 5.41) is -4.98. The van der Waals surface area contributed by atoms with Crippen molar-refractivity contribution >= 4 is 16.1 Å². The van der Waals surface area contributed by atoms with E-state index in [0.29, 0.717) is 12.4 Å². The number of carbonyl (C=O) groups is 1. The van der Waals surface area contributed by atoms with E-state index in [1.165, 1.54) is 0 Å². The van der Waals surface area contributed by atoms with E-state index in [0.717, 1.165) is 5.56 Å². The molecule has 0 amide bonds. The molecular formula is C13H14F2O7S. The van der Waals surface area contributed by atoms with Gasteiger partial charge in [0.15, 0.2) is 0 Å². The van der Waals surface area contributed by atoms with Crippen molar-refractivity contribution in [2.24, 2.45) is 0 Å². The SMILES string of the molecule is O=C(OCCCOc1ccc(C2CO2)cc1)C(F)(F)S(=O)(=O)O. The standard InChI is InChI=1S/C13H14F2O7S/c14-13(15,23(17,18)19)12(16)21-7-1-6-20-10-4-2-9(3-5-10)11-8-22-11/h2-5,11H,1,6-8H2,(H,17,18,19). The van der Waals surface area contributed by atoms with Crippen molar-refractivity contribution in [3.8, 4) is 5.75 Å². The average molecular weight is 352 g/mol. The van der Waals surface area contributed by atoms with Gasteiger partial charge in [-0.25, -0.2) is 4.79 Å². The molecule has 0 aromatic heterocycles. The van der Waals surface area contributed by atoms with E-state index in [-0.39, 0.29) is 19.1 Å². The van der Waals surface area contributed by atoms with Crippen molar-refractivity contribution in [3.05, 3.63) is 29.8 Å². The highest BCUT2D eigenvalue weighted by Crippen LogP contribution is 2.30. The number of epoxide rings is 1. The smallest absolute Gasteiger partial charge is 0.465 e. The Morgan fingerprint density at radius 3 is 2.43 bits per heavy atom. The minimum absolute atomic E-state index is 0.0702. The Morgan fingerprint density at radius 1 is 1.30 bits per heavy atom. The molecule has 7 nitrogen and oxygen atoms in total. The van der Waals surface area contributed by atoms with Crippen molar-refractivity contribution in [1.82, 2.24) is 0 Å². The number of hydrogen-bond acceptors (Lipinski definition) is 6. The van der Waals surface area contributed by atoms with Crippen molar-refractivity contribution < 1.29 is 40.8 Å². The molecule has 0 bridgehead atoms. The fraction of sp³-hybridized carbons (Fsp3) is 0.462. The summed E-state index contributed by atoms with van der Waals surface area (Å²) in [6.45, 7) is 0.293. The lowest BCUT2D eigenvalue weighted by Gasteiger charge is -2.12. The Morgan fingerprint density at radius 2 is 1.91 bits per heavy atom. The minimum atomic E-state index is -5.84. The number of hydrogen-bond donors (Lipinski definition) is 1. The largest absolute Gasteiger partial charge is 0.493 e. The zero-order valence-electron chi connectivity index (χ0n) is 11.8. The summed E-state index contributed by atoms with van der Waals surface area (Å²) < 4.78 is 69.1. The summed E-state index contributed by atoms with van der Waals surface area (Å²) in [6.07, 6.45) is 0.203. The lowest BCUT2D eigenvalue weighted by molar-refractivity contribution is -0.161. The lowest BCUT2D eigenvalue weighted by atomic mass is 10.2. The fourth-order valence-electron chi connectivity index (χ4n) is 1.62. The van der Waals surface area contributed by atoms with E-state index >= 15 is 0 Å². The van der Waals surface area contributed by atoms with Gasteiger partial charge in [-0.1, -0.05) is 12.1 Å². The van der Waals surface area contributed by atoms with Gasteiger partial charge in [0.05, 0.1) is 19.8 Å². The van der Waals surface area contributed by atoms with E-state index < -0.39 is 27.9 Å². The van der Waals surface area contributed by atoms with Crippen LogP contribution in [0.2, 0.25) is 0 Å². The summed E-state index contributed by atoms with van der Waals surface area (Å²) in [5.74, 6) is -1.78. The summed E-state index contributed by atoms with van der Waals surface area (Å²) in [4.78, 5) is 10.9. The molecule has 23 heavy (non-hydrogen) atoms. The van der Waals surface area contributed by atoms with E-state index in [2.05, 4.69) is 4.74 Å². The van der Waals surface area contributed by atoms with E-state index in [9.17, 15) is 22.0 Å². The molecule has 2 rings (SSSR count). The molecule has 1 aliphatic heterocycles. The number of ether oxygens (including phenoxy) is 3. The van der Waals surface area contributed by atoms with Crippen molar-refractivity contribution in [2.45, 2.75) is 17.8 Å². The summed E-state index contributed by atoms with van der Waals surface area (Å²) in [6, 6.07) is 7.10. The molecule has 1 aromatic rings. The molecule has 1 saturated heterocycles. The van der Waals surface area contributed by atoms with E-state index in [1.807, 2.05) is 12.1 Å². The highest BCUT2D eigenvalue weighted by Gasteiger charge is 2.54. The highest BCUT2D eigenvalue weighted by molar-refractivity contribution is 7.87. The molecule has 1 unspecified atom stereocenters. The quantitative estimate of drug-likeness (QED) is 0.328. The second-order valence-electron chi connectivity index (χ2n) is 4.72. The van der Waals surface area contributed by atoms with Gasteiger partial charge in [0, 0.05) is 6.42 Å². The number of carbonyl (C=O) groups excluding carboxylic acids is 1. The molecule has 1 aliphatic rings. The van der Waals surface area contributed by atoms with Crippen LogP contribution in [-0.2, 0) is 24.4 Å². The Kier molecular flexibility index (Phi) is 5.17. The predicted molar refractivity (Wildman–Crippen MR) is 72.7 cm³/mol. The second kappa shape index (κ2) is 6.77. The molecular weight excluding hydrogens is 338 g/mol. The zero-order chi connectivity index (χ0) is 17.1. The number of esters is 1. The Bertz CT molecular complexity index is 653. The van der Waals surface area contributed by atoms with Crippen LogP contribution in [-0.4, -0.2) is 44.0 Å². The Balaban J connectivity index is 1.68. The molecule has 1 aromatic carbocycles. The maximum atomic E-state index is 12.9. The predicted octanol–water partition coefficient (Wildman–Crippen LogP) is 1.55. The number of halogens is 2. The van der Waals surface area contributed by atoms with Crippen LogP contribution in [0.4, 0.5) is 8.78 Å². The molecule has 0 spiro atoms. The molecule has 1 fully saturated rings. The van der Waals surface area contributed by atoms with E-state index in [4.69, 9.17) is 14.0 Å². The number of alkyl halides is 2. The number of benzene rings is 1. The van der Waals surface area contributed by atoms with Crippen molar-refractivity contribution in [1.29, 1.82) is 0 Å². The van der Waals surface area contributed by atoms with Gasteiger partial charge in [-0.15, -0.1) is 0 Å². The topological polar surface area (TPSA) is 102 Å². The third-order valence-corrected chi connectivity index (χ3v) is 3.75. The number of rotatable bonds is 8. The monoisotopic (exact) mass is 352 g/mol. The van der Waals surface area contributed by atoms with E-state index in [1.54, 1.807) is 12.1 Å². The summed E-state index contributed by atoms with van der Waals surface area (Å²) in [5.41, 5.74) is 1.03. The lowest BCUT2D eigenvalue weighted by Crippen LogP contribution is -2.39. The maximum absolute atomic E-state index is 12.9. The first kappa shape index (κ1) is 17.6. The highest BCUT2D eigenvalue weighted by atomic mass is 32.2. The van der Waals surface area contributed by atoms with Crippen LogP contribution in [0.1, 0.15) is 18.1 Å². The van der Waals surface area contributed by atoms with Crippen molar-refractivity contribution in [2.75, 3.05) is 19.8 Å². The first-order valence-electron chi connectivity index (χ1n) is 6.58. The summed E-state index contributed by atoms with van der Waals surface area (Å²) in [7, 11) is -5.84. The third-order valence-electron chi connectivity index (χ3n) is 2.94. The van der Waals surface area contributed by atoms with Gasteiger partial charge in [0.1, 0.15) is 11.9 Å². The third kappa shape index (κ3) is 4.60. The minimum Gasteiger partial charge on any atom is -0.493 e. The zero-order valence-corrected chi connectivity index (χ0v) is 12.6. The molecule has 10 heteroatoms. The van der Waals surface area contributed by atoms with Crippen LogP contribution in [0.5, 0.6) is 5.75 Å². The fourth-order valence-corrected chi connectivity index (χ4v) is 1.89. The molecule has 0 radical (unpaired) electrons. The second-order valence-corrected chi connectivity index (χ2v) is 6.18. The van der Waals surface area contributed by atoms with Gasteiger partial charge < -0.3 is 14.2 Å². The van der Waals surface area contributed by atoms with Crippen LogP contribution in [0.25, 0.3) is 0 Å². The van der Waals surface area contributed by atoms with Crippen LogP contribution in [0.15, 0.2) is 24.3 Å². The molecule has 0 aliphatic carbocycles. The van der Waals surface area contributed by atoms with Gasteiger partial charge in [0.2, 0.25) is 0 Å². The van der Waals surface area contributed by atoms with Gasteiger partial charge in [-0.2, -0.15) is 17.2 Å². The first-order valence-corrected chi connectivity index (χ1v) is 8.02. The molecule has 1 N–H and O–H groups in total. The Hall–Kier alpha value is -1.78. The average Bonchev–Trinajstić information content (AvgIpc) is 3.30. The van der Waals surface area contributed by atoms with Gasteiger partial charge in [0.25, 0.3) is 0 Å². The van der Waals surface area contributed by atoms with Crippen LogP contribution >= 0.6 is 0 Å².